The molecule has 90 valence electrons. The first-order chi connectivity index (χ1) is 8.13. The summed E-state index contributed by atoms with van der Waals surface area (Å²) in [7, 11) is 1.30. The zero-order valence-electron chi connectivity index (χ0n) is 9.86. The van der Waals surface area contributed by atoms with Crippen molar-refractivity contribution < 1.29 is 19.1 Å². The molecule has 0 aliphatic carbocycles. The van der Waals surface area contributed by atoms with Crippen molar-refractivity contribution >= 4 is 11.8 Å². The van der Waals surface area contributed by atoms with Gasteiger partial charge < -0.3 is 9.47 Å². The maximum Gasteiger partial charge on any atom is 0.310 e. The van der Waals surface area contributed by atoms with E-state index in [9.17, 15) is 9.59 Å². The van der Waals surface area contributed by atoms with Gasteiger partial charge in [-0.3, -0.25) is 9.59 Å². The van der Waals surface area contributed by atoms with Gasteiger partial charge in [0.05, 0.1) is 19.1 Å². The van der Waals surface area contributed by atoms with Crippen molar-refractivity contribution in [2.24, 2.45) is 0 Å². The molecule has 0 radical (unpaired) electrons. The third-order valence-electron chi connectivity index (χ3n) is 3.08. The number of hydrogen-bond acceptors (Lipinski definition) is 4. The van der Waals surface area contributed by atoms with E-state index in [0.717, 1.165) is 0 Å². The number of Topliss-reactive ketones (excluding diaryl/α,β-unsaturated/α-hetero) is 1. The maximum absolute atomic E-state index is 12.3. The molecule has 0 bridgehead atoms. The molecule has 4 heteroatoms. The fourth-order valence-electron chi connectivity index (χ4n) is 2.02. The van der Waals surface area contributed by atoms with E-state index in [1.807, 2.05) is 6.92 Å². The van der Waals surface area contributed by atoms with Crippen LogP contribution in [0.2, 0.25) is 0 Å². The van der Waals surface area contributed by atoms with E-state index in [-0.39, 0.29) is 12.2 Å². The van der Waals surface area contributed by atoms with Gasteiger partial charge in [0.2, 0.25) is 5.78 Å². The zero-order chi connectivity index (χ0) is 12.5. The fourth-order valence-corrected chi connectivity index (χ4v) is 2.02. The van der Waals surface area contributed by atoms with Gasteiger partial charge in [-0.05, 0) is 18.6 Å². The number of ketones is 1. The molecular weight excluding hydrogens is 220 g/mol. The highest BCUT2D eigenvalue weighted by Crippen LogP contribution is 2.38. The maximum atomic E-state index is 12.3. The molecule has 17 heavy (non-hydrogen) atoms. The predicted molar refractivity (Wildman–Crippen MR) is 61.1 cm³/mol. The van der Waals surface area contributed by atoms with Crippen molar-refractivity contribution in [2.45, 2.75) is 25.4 Å². The van der Waals surface area contributed by atoms with Crippen molar-refractivity contribution in [1.82, 2.24) is 0 Å². The van der Waals surface area contributed by atoms with Crippen molar-refractivity contribution in [3.63, 3.8) is 0 Å². The predicted octanol–water partition coefficient (Wildman–Crippen LogP) is 1.97. The van der Waals surface area contributed by atoms with E-state index in [0.29, 0.717) is 17.7 Å². The van der Waals surface area contributed by atoms with Gasteiger partial charge in [0, 0.05) is 0 Å². The lowest BCUT2D eigenvalue weighted by atomic mass is 9.89. The molecule has 1 atom stereocenters. The third-order valence-corrected chi connectivity index (χ3v) is 3.08. The van der Waals surface area contributed by atoms with E-state index >= 15 is 0 Å². The average Bonchev–Trinajstić information content (AvgIpc) is 2.64. The summed E-state index contributed by atoms with van der Waals surface area (Å²) >= 11 is 0. The lowest BCUT2D eigenvalue weighted by Crippen LogP contribution is -2.41. The van der Waals surface area contributed by atoms with E-state index in [1.165, 1.54) is 7.11 Å². The zero-order valence-corrected chi connectivity index (χ0v) is 9.86. The van der Waals surface area contributed by atoms with E-state index in [1.54, 1.807) is 24.3 Å². The van der Waals surface area contributed by atoms with Gasteiger partial charge in [0.1, 0.15) is 5.75 Å². The number of fused-ring (bicyclic) bond motifs is 1. The smallest absolute Gasteiger partial charge is 0.310 e. The first-order valence-electron chi connectivity index (χ1n) is 5.52. The third kappa shape index (κ3) is 1.79. The summed E-state index contributed by atoms with van der Waals surface area (Å²) in [4.78, 5) is 23.6. The van der Waals surface area contributed by atoms with Crippen LogP contribution < -0.4 is 4.74 Å². The van der Waals surface area contributed by atoms with Crippen molar-refractivity contribution in [1.29, 1.82) is 0 Å². The van der Waals surface area contributed by atoms with Gasteiger partial charge in [-0.2, -0.15) is 0 Å². The normalized spacial score (nSPS) is 21.9. The van der Waals surface area contributed by atoms with Crippen LogP contribution in [0.1, 0.15) is 30.1 Å². The van der Waals surface area contributed by atoms with Crippen LogP contribution in [0.4, 0.5) is 0 Å². The summed E-state index contributed by atoms with van der Waals surface area (Å²) in [5.41, 5.74) is -0.546. The largest absolute Gasteiger partial charge is 0.478 e. The lowest BCUT2D eigenvalue weighted by molar-refractivity contribution is -0.143. The first kappa shape index (κ1) is 11.6. The monoisotopic (exact) mass is 234 g/mol. The molecule has 0 aromatic heterocycles. The highest BCUT2D eigenvalue weighted by atomic mass is 16.5. The molecule has 0 fully saturated rings. The first-order valence-corrected chi connectivity index (χ1v) is 5.52. The van der Waals surface area contributed by atoms with Gasteiger partial charge in [0.15, 0.2) is 5.60 Å². The standard InChI is InChI=1S/C13H14O4/c1-3-13(8-11(14)16-2)12(15)9-6-4-5-7-10(9)17-13/h4-7H,3,8H2,1-2H3/t13-/m1/s1. The van der Waals surface area contributed by atoms with Crippen LogP contribution in [-0.2, 0) is 9.53 Å². The van der Waals surface area contributed by atoms with Crippen LogP contribution >= 0.6 is 0 Å². The molecule has 0 N–H and O–H groups in total. The van der Waals surface area contributed by atoms with Crippen molar-refractivity contribution in [2.75, 3.05) is 7.11 Å². The molecule has 0 spiro atoms. The van der Waals surface area contributed by atoms with Crippen LogP contribution in [0.25, 0.3) is 0 Å². The Balaban J connectivity index is 2.35. The Morgan fingerprint density at radius 3 is 2.71 bits per heavy atom. The minimum absolute atomic E-state index is 0.0481. The molecule has 1 aliphatic heterocycles. The summed E-state index contributed by atoms with van der Waals surface area (Å²) in [5.74, 6) is -0.0303. The van der Waals surface area contributed by atoms with Crippen LogP contribution in [0.3, 0.4) is 0 Å². The molecule has 1 aromatic carbocycles. The van der Waals surface area contributed by atoms with Gasteiger partial charge in [-0.15, -0.1) is 0 Å². The lowest BCUT2D eigenvalue weighted by Gasteiger charge is -2.24. The topological polar surface area (TPSA) is 52.6 Å². The Morgan fingerprint density at radius 2 is 2.12 bits per heavy atom. The Morgan fingerprint density at radius 1 is 1.41 bits per heavy atom. The van der Waals surface area contributed by atoms with E-state index in [4.69, 9.17) is 4.74 Å². The molecule has 4 nitrogen and oxygen atoms in total. The minimum atomic E-state index is -1.09. The molecule has 2 rings (SSSR count). The summed E-state index contributed by atoms with van der Waals surface area (Å²) in [6.45, 7) is 1.83. The molecule has 1 aliphatic rings. The van der Waals surface area contributed by atoms with E-state index in [2.05, 4.69) is 4.74 Å². The van der Waals surface area contributed by atoms with Crippen LogP contribution in [0, 0.1) is 0 Å². The number of carbonyl (C=O) groups is 2. The van der Waals surface area contributed by atoms with Crippen LogP contribution in [-0.4, -0.2) is 24.5 Å². The Labute approximate surface area is 99.5 Å². The number of benzene rings is 1. The number of carbonyl (C=O) groups excluding carboxylic acids is 2. The second-order valence-electron chi connectivity index (χ2n) is 4.03. The van der Waals surface area contributed by atoms with Crippen molar-refractivity contribution in [3.8, 4) is 5.75 Å². The number of rotatable bonds is 3. The number of methoxy groups -OCH3 is 1. The molecule has 0 amide bonds. The number of ether oxygens (including phenoxy) is 2. The second-order valence-corrected chi connectivity index (χ2v) is 4.03. The molecule has 0 saturated heterocycles. The van der Waals surface area contributed by atoms with Crippen molar-refractivity contribution in [3.05, 3.63) is 29.8 Å². The quantitative estimate of drug-likeness (QED) is 0.750. The minimum Gasteiger partial charge on any atom is -0.478 e. The number of hydrogen-bond donors (Lipinski definition) is 0. The number of esters is 1. The Hall–Kier alpha value is -1.84. The van der Waals surface area contributed by atoms with Gasteiger partial charge in [-0.1, -0.05) is 19.1 Å². The summed E-state index contributed by atoms with van der Waals surface area (Å²) < 4.78 is 10.3. The highest BCUT2D eigenvalue weighted by molar-refractivity contribution is 6.08. The number of para-hydroxylation sites is 1. The summed E-state index contributed by atoms with van der Waals surface area (Å²) in [6, 6.07) is 7.04. The van der Waals surface area contributed by atoms with Crippen LogP contribution in [0.15, 0.2) is 24.3 Å². The van der Waals surface area contributed by atoms with Crippen LogP contribution in [0.5, 0.6) is 5.75 Å². The summed E-state index contributed by atoms with van der Waals surface area (Å²) in [5, 5.41) is 0. The molecule has 1 heterocycles. The Kier molecular flexibility index (Phi) is 2.88. The molecule has 0 unspecified atom stereocenters. The molecular formula is C13H14O4. The van der Waals surface area contributed by atoms with Gasteiger partial charge >= 0.3 is 5.97 Å². The SMILES string of the molecule is CC[C@]1(CC(=O)OC)Oc2ccccc2C1=O. The van der Waals surface area contributed by atoms with Gasteiger partial charge in [0.25, 0.3) is 0 Å². The average molecular weight is 234 g/mol. The highest BCUT2D eigenvalue weighted by Gasteiger charge is 2.48. The Bertz CT molecular complexity index is 466. The van der Waals surface area contributed by atoms with Gasteiger partial charge in [-0.25, -0.2) is 0 Å². The fraction of sp³-hybridized carbons (Fsp3) is 0.385. The molecule has 1 aromatic rings. The molecule has 0 saturated carbocycles. The second kappa shape index (κ2) is 4.20. The summed E-state index contributed by atoms with van der Waals surface area (Å²) in [6.07, 6.45) is 0.392. The van der Waals surface area contributed by atoms with E-state index < -0.39 is 11.6 Å².